The summed E-state index contributed by atoms with van der Waals surface area (Å²) in [4.78, 5) is 4.13. The summed E-state index contributed by atoms with van der Waals surface area (Å²) in [6, 6.07) is 5.64. The lowest BCUT2D eigenvalue weighted by Gasteiger charge is -1.96. The molecule has 1 aromatic carbocycles. The van der Waals surface area contributed by atoms with Gasteiger partial charge < -0.3 is 11.5 Å². The average Bonchev–Trinajstić information content (AvgIpc) is 2.45. The predicted octanol–water partition coefficient (Wildman–Crippen LogP) is 2.23. The molecule has 2 rings (SSSR count). The molecule has 0 radical (unpaired) electrons. The molecule has 0 bridgehead atoms. The van der Waals surface area contributed by atoms with Crippen molar-refractivity contribution in [2.75, 3.05) is 5.73 Å². The summed E-state index contributed by atoms with van der Waals surface area (Å²) in [5, 5.41) is 0. The Bertz CT molecular complexity index is 342. The summed E-state index contributed by atoms with van der Waals surface area (Å²) >= 11 is 0. The number of nitrogens with zero attached hydrogens (tertiary/aromatic N) is 1. The van der Waals surface area contributed by atoms with E-state index < -0.39 is 0 Å². The standard InChI is InChI=1S/C8H9N3.C3H8/c9-6-1-2-7-5(3-6)4-8(10)11-7;1-3-2/h1-3H,4,9H2,(H2,10,11);3H2,1-2H3. The summed E-state index contributed by atoms with van der Waals surface area (Å²) in [6.45, 7) is 4.25. The van der Waals surface area contributed by atoms with Crippen LogP contribution < -0.4 is 11.5 Å². The van der Waals surface area contributed by atoms with Crippen molar-refractivity contribution >= 4 is 17.2 Å². The number of hydrogen-bond acceptors (Lipinski definition) is 3. The minimum atomic E-state index is 0.672. The van der Waals surface area contributed by atoms with Crippen molar-refractivity contribution in [3.63, 3.8) is 0 Å². The molecule has 14 heavy (non-hydrogen) atoms. The third-order valence-electron chi connectivity index (χ3n) is 1.74. The Morgan fingerprint density at radius 2 is 1.93 bits per heavy atom. The smallest absolute Gasteiger partial charge is 0.104 e. The van der Waals surface area contributed by atoms with Gasteiger partial charge in [0.2, 0.25) is 0 Å². The molecule has 1 aliphatic heterocycles. The highest BCUT2D eigenvalue weighted by Gasteiger charge is 2.10. The minimum Gasteiger partial charge on any atom is -0.399 e. The van der Waals surface area contributed by atoms with Crippen LogP contribution in [0.2, 0.25) is 0 Å². The molecule has 1 aromatic rings. The summed E-state index contributed by atoms with van der Waals surface area (Å²) < 4.78 is 0. The quantitative estimate of drug-likeness (QED) is 0.617. The molecule has 0 atom stereocenters. The minimum absolute atomic E-state index is 0.672. The lowest BCUT2D eigenvalue weighted by atomic mass is 10.1. The van der Waals surface area contributed by atoms with E-state index in [2.05, 4.69) is 18.8 Å². The van der Waals surface area contributed by atoms with Crippen LogP contribution in [0, 0.1) is 0 Å². The number of anilines is 1. The molecule has 0 aliphatic carbocycles. The van der Waals surface area contributed by atoms with Crippen molar-refractivity contribution in [2.24, 2.45) is 10.7 Å². The highest BCUT2D eigenvalue weighted by molar-refractivity contribution is 5.91. The second-order valence-electron chi connectivity index (χ2n) is 3.38. The highest BCUT2D eigenvalue weighted by Crippen LogP contribution is 2.26. The van der Waals surface area contributed by atoms with Crippen LogP contribution in [-0.2, 0) is 6.42 Å². The van der Waals surface area contributed by atoms with Crippen LogP contribution in [0.3, 0.4) is 0 Å². The van der Waals surface area contributed by atoms with Crippen molar-refractivity contribution in [1.29, 1.82) is 0 Å². The van der Waals surface area contributed by atoms with Gasteiger partial charge in [0.05, 0.1) is 5.69 Å². The van der Waals surface area contributed by atoms with Gasteiger partial charge in [0, 0.05) is 12.1 Å². The third kappa shape index (κ3) is 2.49. The number of benzene rings is 1. The molecule has 0 spiro atoms. The topological polar surface area (TPSA) is 64.4 Å². The third-order valence-corrected chi connectivity index (χ3v) is 1.74. The Balaban J connectivity index is 0.000000293. The maximum absolute atomic E-state index is 5.58. The van der Waals surface area contributed by atoms with Gasteiger partial charge in [0.15, 0.2) is 0 Å². The first-order chi connectivity index (χ1) is 6.67. The molecule has 1 heterocycles. The van der Waals surface area contributed by atoms with Crippen LogP contribution in [0.5, 0.6) is 0 Å². The SMILES string of the molecule is CCC.NC1=Nc2ccc(N)cc2C1. The number of rotatable bonds is 0. The summed E-state index contributed by atoms with van der Waals surface area (Å²) in [7, 11) is 0. The predicted molar refractivity (Wildman–Crippen MR) is 61.8 cm³/mol. The number of fused-ring (bicyclic) bond motifs is 1. The van der Waals surface area contributed by atoms with Gasteiger partial charge in [-0.2, -0.15) is 0 Å². The van der Waals surface area contributed by atoms with Crippen LogP contribution in [0.4, 0.5) is 11.4 Å². The molecule has 0 unspecified atom stereocenters. The number of nitrogens with two attached hydrogens (primary N) is 2. The van der Waals surface area contributed by atoms with Gasteiger partial charge in [0.1, 0.15) is 5.84 Å². The fraction of sp³-hybridized carbons (Fsp3) is 0.364. The van der Waals surface area contributed by atoms with Gasteiger partial charge in [0.25, 0.3) is 0 Å². The number of hydrogen-bond donors (Lipinski definition) is 2. The van der Waals surface area contributed by atoms with Crippen molar-refractivity contribution < 1.29 is 0 Å². The molecule has 0 aromatic heterocycles. The second-order valence-corrected chi connectivity index (χ2v) is 3.38. The van der Waals surface area contributed by atoms with Crippen LogP contribution >= 0.6 is 0 Å². The van der Waals surface area contributed by atoms with Gasteiger partial charge in [-0.1, -0.05) is 20.3 Å². The largest absolute Gasteiger partial charge is 0.399 e. The van der Waals surface area contributed by atoms with Crippen molar-refractivity contribution in [2.45, 2.75) is 26.7 Å². The molecule has 3 nitrogen and oxygen atoms in total. The zero-order chi connectivity index (χ0) is 10.6. The van der Waals surface area contributed by atoms with E-state index in [4.69, 9.17) is 11.5 Å². The Hall–Kier alpha value is -1.51. The first kappa shape index (κ1) is 10.6. The summed E-state index contributed by atoms with van der Waals surface area (Å²) in [5.74, 6) is 0.672. The van der Waals surface area contributed by atoms with E-state index in [1.807, 2.05) is 18.2 Å². The Labute approximate surface area is 84.8 Å². The van der Waals surface area contributed by atoms with Crippen LogP contribution in [0.15, 0.2) is 23.2 Å². The first-order valence-corrected chi connectivity index (χ1v) is 4.88. The van der Waals surface area contributed by atoms with Crippen molar-refractivity contribution in [1.82, 2.24) is 0 Å². The van der Waals surface area contributed by atoms with Gasteiger partial charge in [-0.05, 0) is 23.8 Å². The van der Waals surface area contributed by atoms with Crippen LogP contribution in [0.25, 0.3) is 0 Å². The Kier molecular flexibility index (Phi) is 3.51. The maximum Gasteiger partial charge on any atom is 0.104 e. The highest BCUT2D eigenvalue weighted by atomic mass is 14.9. The number of amidine groups is 1. The fourth-order valence-electron chi connectivity index (χ4n) is 1.25. The zero-order valence-electron chi connectivity index (χ0n) is 8.75. The zero-order valence-corrected chi connectivity index (χ0v) is 8.75. The van der Waals surface area contributed by atoms with E-state index in [1.54, 1.807) is 0 Å². The Morgan fingerprint density at radius 3 is 2.57 bits per heavy atom. The van der Waals surface area contributed by atoms with Gasteiger partial charge in [-0.25, -0.2) is 4.99 Å². The van der Waals surface area contributed by atoms with Gasteiger partial charge >= 0.3 is 0 Å². The summed E-state index contributed by atoms with van der Waals surface area (Å²) in [6.07, 6.45) is 1.99. The molecular formula is C11H17N3. The van der Waals surface area contributed by atoms with E-state index in [1.165, 1.54) is 6.42 Å². The van der Waals surface area contributed by atoms with Crippen molar-refractivity contribution in [3.05, 3.63) is 23.8 Å². The fourth-order valence-corrected chi connectivity index (χ4v) is 1.25. The van der Waals surface area contributed by atoms with Crippen LogP contribution in [0.1, 0.15) is 25.8 Å². The molecule has 0 amide bonds. The van der Waals surface area contributed by atoms with Gasteiger partial charge in [-0.15, -0.1) is 0 Å². The molecule has 0 saturated heterocycles. The van der Waals surface area contributed by atoms with E-state index in [-0.39, 0.29) is 0 Å². The van der Waals surface area contributed by atoms with E-state index >= 15 is 0 Å². The molecule has 0 saturated carbocycles. The summed E-state index contributed by atoms with van der Waals surface area (Å²) in [5.41, 5.74) is 14.0. The van der Waals surface area contributed by atoms with Gasteiger partial charge in [-0.3, -0.25) is 0 Å². The van der Waals surface area contributed by atoms with E-state index in [0.717, 1.165) is 23.4 Å². The lowest BCUT2D eigenvalue weighted by molar-refractivity contribution is 1.09. The molecule has 0 fully saturated rings. The normalized spacial score (nSPS) is 12.6. The van der Waals surface area contributed by atoms with Crippen LogP contribution in [-0.4, -0.2) is 5.84 Å². The molecular weight excluding hydrogens is 174 g/mol. The molecule has 1 aliphatic rings. The molecule has 3 heteroatoms. The monoisotopic (exact) mass is 191 g/mol. The molecule has 76 valence electrons. The van der Waals surface area contributed by atoms with Crippen molar-refractivity contribution in [3.8, 4) is 0 Å². The Morgan fingerprint density at radius 1 is 1.29 bits per heavy atom. The second kappa shape index (κ2) is 4.65. The maximum atomic E-state index is 5.58. The van der Waals surface area contributed by atoms with E-state index in [0.29, 0.717) is 5.84 Å². The average molecular weight is 191 g/mol. The molecule has 4 N–H and O–H groups in total. The first-order valence-electron chi connectivity index (χ1n) is 4.88. The van der Waals surface area contributed by atoms with E-state index in [9.17, 15) is 0 Å². The number of nitrogen functional groups attached to an aromatic ring is 1. The number of aliphatic imine (C=N–C) groups is 1. The lowest BCUT2D eigenvalue weighted by Crippen LogP contribution is -2.09.